The number of benzene rings is 2. The Balaban J connectivity index is 2.26. The van der Waals surface area contributed by atoms with Crippen molar-refractivity contribution in [2.45, 2.75) is 78.0 Å². The molecule has 2 rings (SSSR count). The van der Waals surface area contributed by atoms with E-state index in [1.54, 1.807) is 32.9 Å². The third-order valence-corrected chi connectivity index (χ3v) is 5.83. The number of ether oxygens (including phenoxy) is 2. The molecule has 0 radical (unpaired) electrons. The van der Waals surface area contributed by atoms with Gasteiger partial charge in [-0.3, -0.25) is 9.59 Å². The van der Waals surface area contributed by atoms with Gasteiger partial charge in [0, 0.05) is 19.4 Å². The second kappa shape index (κ2) is 15.5. The van der Waals surface area contributed by atoms with E-state index in [1.807, 2.05) is 50.2 Å². The highest BCUT2D eigenvalue weighted by Gasteiger charge is 2.29. The van der Waals surface area contributed by atoms with Gasteiger partial charge in [0.15, 0.2) is 0 Å². The topological polar surface area (TPSA) is 126 Å². The molecule has 9 heteroatoms. The number of aryl methyl sites for hydroxylation is 1. The van der Waals surface area contributed by atoms with Crippen molar-refractivity contribution in [3.63, 3.8) is 0 Å². The number of amides is 3. The van der Waals surface area contributed by atoms with Crippen LogP contribution in [0, 0.1) is 6.92 Å². The highest BCUT2D eigenvalue weighted by Crippen LogP contribution is 2.21. The van der Waals surface area contributed by atoms with Crippen LogP contribution >= 0.6 is 0 Å². The van der Waals surface area contributed by atoms with Crippen molar-refractivity contribution in [1.82, 2.24) is 16.0 Å². The Morgan fingerprint density at radius 1 is 0.950 bits per heavy atom. The molecule has 0 aliphatic rings. The molecule has 4 N–H and O–H groups in total. The molecular formula is C31H43N3O6. The van der Waals surface area contributed by atoms with Gasteiger partial charge in [0.2, 0.25) is 11.8 Å². The van der Waals surface area contributed by atoms with Crippen LogP contribution in [0.3, 0.4) is 0 Å². The van der Waals surface area contributed by atoms with E-state index in [2.05, 4.69) is 22.5 Å². The molecule has 9 nitrogen and oxygen atoms in total. The zero-order valence-corrected chi connectivity index (χ0v) is 24.2. The summed E-state index contributed by atoms with van der Waals surface area (Å²) in [6.07, 6.45) is 1.45. The average molecular weight is 554 g/mol. The number of carbonyl (C=O) groups is 3. The van der Waals surface area contributed by atoms with E-state index >= 15 is 0 Å². The van der Waals surface area contributed by atoms with Crippen LogP contribution in [0.25, 0.3) is 0 Å². The van der Waals surface area contributed by atoms with E-state index in [0.29, 0.717) is 12.3 Å². The molecule has 0 saturated carbocycles. The zero-order chi connectivity index (χ0) is 29.7. The van der Waals surface area contributed by atoms with Gasteiger partial charge in [-0.15, -0.1) is 0 Å². The molecule has 0 heterocycles. The van der Waals surface area contributed by atoms with Gasteiger partial charge in [-0.1, -0.05) is 62.4 Å². The summed E-state index contributed by atoms with van der Waals surface area (Å²) in [4.78, 5) is 39.3. The third-order valence-electron chi connectivity index (χ3n) is 5.83. The maximum Gasteiger partial charge on any atom is 0.408 e. The molecule has 0 spiro atoms. The molecule has 0 aromatic heterocycles. The molecule has 2 atom stereocenters. The summed E-state index contributed by atoms with van der Waals surface area (Å²) in [5.74, 6) is -0.313. The first-order valence-corrected chi connectivity index (χ1v) is 13.6. The van der Waals surface area contributed by atoms with Gasteiger partial charge in [0.05, 0.1) is 0 Å². The monoisotopic (exact) mass is 553 g/mol. The molecule has 0 aliphatic heterocycles. The Hall–Kier alpha value is -4.01. The van der Waals surface area contributed by atoms with Crippen molar-refractivity contribution < 1.29 is 29.0 Å². The fraction of sp³-hybridized carbons (Fsp3) is 0.452. The molecular weight excluding hydrogens is 510 g/mol. The van der Waals surface area contributed by atoms with E-state index in [4.69, 9.17) is 9.47 Å². The summed E-state index contributed by atoms with van der Waals surface area (Å²) in [5.41, 5.74) is 1.73. The molecule has 40 heavy (non-hydrogen) atoms. The zero-order valence-electron chi connectivity index (χ0n) is 24.2. The van der Waals surface area contributed by atoms with Crippen molar-refractivity contribution in [2.24, 2.45) is 0 Å². The number of rotatable bonds is 14. The normalized spacial score (nSPS) is 12.5. The lowest BCUT2D eigenvalue weighted by Crippen LogP contribution is -2.55. The summed E-state index contributed by atoms with van der Waals surface area (Å²) in [7, 11) is 0. The summed E-state index contributed by atoms with van der Waals surface area (Å²) in [6, 6.07) is 12.9. The Kier molecular flexibility index (Phi) is 12.5. The minimum absolute atomic E-state index is 0.0217. The molecule has 218 valence electrons. The lowest BCUT2D eigenvalue weighted by Gasteiger charge is -2.25. The smallest absolute Gasteiger partial charge is 0.408 e. The first kappa shape index (κ1) is 32.2. The van der Waals surface area contributed by atoms with Gasteiger partial charge in [-0.25, -0.2) is 4.79 Å². The quantitative estimate of drug-likeness (QED) is 0.201. The molecule has 2 aromatic rings. The second-order valence-corrected chi connectivity index (χ2v) is 10.8. The third kappa shape index (κ3) is 11.8. The number of carbonyl (C=O) groups excluding carboxylic acids is 3. The SMILES string of the molecule is C=C(O)COc1ccc(CC(NC(=O)[C@H](Cc2ccccc2)NC(=O)OC(C)(C)C)C(=O)NCCCC)cc1C. The highest BCUT2D eigenvalue weighted by molar-refractivity contribution is 5.91. The molecule has 0 saturated heterocycles. The van der Waals surface area contributed by atoms with Crippen LogP contribution in [-0.2, 0) is 27.2 Å². The van der Waals surface area contributed by atoms with Crippen LogP contribution in [0.1, 0.15) is 57.2 Å². The molecule has 3 amide bonds. The minimum Gasteiger partial charge on any atom is -0.509 e. The van der Waals surface area contributed by atoms with Crippen LogP contribution in [0.15, 0.2) is 60.9 Å². The fourth-order valence-corrected chi connectivity index (χ4v) is 3.90. The number of nitrogens with one attached hydrogen (secondary N) is 3. The standard InChI is InChI=1S/C31H43N3O6/c1-7-8-16-32-28(36)25(19-24-14-15-27(21(2)17-24)39-20-22(3)35)33-29(37)26(18-23-12-10-9-11-13-23)34-30(38)40-31(4,5)6/h9-15,17,25-26,35H,3,7-8,16,18-20H2,1-2,4-6H3,(H,32,36)(H,33,37)(H,34,38)/t25?,26-/m0/s1. The van der Waals surface area contributed by atoms with Crippen LogP contribution in [0.2, 0.25) is 0 Å². The Bertz CT molecular complexity index is 1140. The van der Waals surface area contributed by atoms with Crippen molar-refractivity contribution in [3.8, 4) is 5.75 Å². The molecule has 1 unspecified atom stereocenters. The van der Waals surface area contributed by atoms with Crippen LogP contribution in [0.4, 0.5) is 4.79 Å². The van der Waals surface area contributed by atoms with E-state index < -0.39 is 29.7 Å². The summed E-state index contributed by atoms with van der Waals surface area (Å²) < 4.78 is 10.9. The first-order valence-electron chi connectivity index (χ1n) is 13.6. The summed E-state index contributed by atoms with van der Waals surface area (Å²) in [5, 5.41) is 17.8. The number of hydrogen-bond acceptors (Lipinski definition) is 6. The van der Waals surface area contributed by atoms with Gasteiger partial charge in [0.25, 0.3) is 0 Å². The number of aliphatic hydroxyl groups excluding tert-OH is 1. The van der Waals surface area contributed by atoms with Crippen molar-refractivity contribution in [3.05, 3.63) is 77.6 Å². The summed E-state index contributed by atoms with van der Waals surface area (Å²) >= 11 is 0. The lowest BCUT2D eigenvalue weighted by atomic mass is 10.0. The Labute approximate surface area is 237 Å². The van der Waals surface area contributed by atoms with Gasteiger partial charge in [-0.05, 0) is 56.9 Å². The number of hydrogen-bond donors (Lipinski definition) is 4. The second-order valence-electron chi connectivity index (χ2n) is 10.8. The minimum atomic E-state index is -0.965. The van der Waals surface area contributed by atoms with Crippen molar-refractivity contribution in [2.75, 3.05) is 13.2 Å². The average Bonchev–Trinajstić information content (AvgIpc) is 2.87. The molecule has 0 bridgehead atoms. The largest absolute Gasteiger partial charge is 0.509 e. The van der Waals surface area contributed by atoms with Crippen LogP contribution in [0.5, 0.6) is 5.75 Å². The number of aliphatic hydroxyl groups is 1. The van der Waals surface area contributed by atoms with Gasteiger partial charge < -0.3 is 30.5 Å². The maximum atomic E-state index is 13.5. The van der Waals surface area contributed by atoms with Crippen LogP contribution in [-0.4, -0.2) is 53.9 Å². The van der Waals surface area contributed by atoms with Gasteiger partial charge >= 0.3 is 6.09 Å². The maximum absolute atomic E-state index is 13.5. The van der Waals surface area contributed by atoms with Crippen LogP contribution < -0.4 is 20.7 Å². The predicted molar refractivity (Wildman–Crippen MR) is 155 cm³/mol. The predicted octanol–water partition coefficient (Wildman–Crippen LogP) is 4.53. The van der Waals surface area contributed by atoms with Gasteiger partial charge in [-0.2, -0.15) is 0 Å². The number of alkyl carbamates (subject to hydrolysis) is 1. The van der Waals surface area contributed by atoms with E-state index in [9.17, 15) is 19.5 Å². The first-order chi connectivity index (χ1) is 18.9. The van der Waals surface area contributed by atoms with E-state index in [0.717, 1.165) is 29.5 Å². The summed E-state index contributed by atoms with van der Waals surface area (Å²) in [6.45, 7) is 13.0. The highest BCUT2D eigenvalue weighted by atomic mass is 16.6. The molecule has 0 aliphatic carbocycles. The molecule has 2 aromatic carbocycles. The van der Waals surface area contributed by atoms with E-state index in [1.165, 1.54) is 0 Å². The lowest BCUT2D eigenvalue weighted by molar-refractivity contribution is -0.130. The van der Waals surface area contributed by atoms with Gasteiger partial charge in [0.1, 0.15) is 35.8 Å². The molecule has 0 fully saturated rings. The van der Waals surface area contributed by atoms with E-state index in [-0.39, 0.29) is 31.1 Å². The van der Waals surface area contributed by atoms with Crippen molar-refractivity contribution >= 4 is 17.9 Å². The Morgan fingerprint density at radius 3 is 2.20 bits per heavy atom. The van der Waals surface area contributed by atoms with Crippen molar-refractivity contribution in [1.29, 1.82) is 0 Å². The Morgan fingerprint density at radius 2 is 1.60 bits per heavy atom. The number of unbranched alkanes of at least 4 members (excludes halogenated alkanes) is 1. The fourth-order valence-electron chi connectivity index (χ4n) is 3.90.